The van der Waals surface area contributed by atoms with Gasteiger partial charge in [-0.05, 0) is 24.6 Å². The molecular formula is C10H11N. The molecule has 0 saturated heterocycles. The van der Waals surface area contributed by atoms with Crippen molar-refractivity contribution in [1.29, 1.82) is 0 Å². The lowest BCUT2D eigenvalue weighted by Crippen LogP contribution is -1.83. The van der Waals surface area contributed by atoms with Crippen LogP contribution in [-0.2, 0) is 0 Å². The highest BCUT2D eigenvalue weighted by molar-refractivity contribution is 5.60. The van der Waals surface area contributed by atoms with Crippen molar-refractivity contribution in [1.82, 2.24) is 4.98 Å². The molecule has 11 heavy (non-hydrogen) atoms. The Balaban J connectivity index is 3.11. The second-order valence-electron chi connectivity index (χ2n) is 2.18. The Hall–Kier alpha value is -1.37. The number of allylic oxidation sites excluding steroid dienone is 1. The largest absolute Gasteiger partial charge is 0.256 e. The summed E-state index contributed by atoms with van der Waals surface area (Å²) in [6.45, 7) is 5.66. The van der Waals surface area contributed by atoms with Gasteiger partial charge in [-0.3, -0.25) is 4.98 Å². The molecule has 0 N–H and O–H groups in total. The van der Waals surface area contributed by atoms with E-state index in [2.05, 4.69) is 11.6 Å². The molecule has 0 radical (unpaired) electrons. The van der Waals surface area contributed by atoms with Gasteiger partial charge in [-0.15, -0.1) is 0 Å². The lowest BCUT2D eigenvalue weighted by atomic mass is 10.2. The summed E-state index contributed by atoms with van der Waals surface area (Å²) in [5.74, 6) is 0. The molecule has 0 aliphatic heterocycles. The molecule has 0 saturated carbocycles. The highest BCUT2D eigenvalue weighted by atomic mass is 14.7. The summed E-state index contributed by atoms with van der Waals surface area (Å²) in [6.07, 6.45) is 7.54. The maximum absolute atomic E-state index is 4.15. The van der Waals surface area contributed by atoms with E-state index in [0.717, 1.165) is 11.3 Å². The number of hydrogen-bond acceptors (Lipinski definition) is 1. The minimum atomic E-state index is 0.936. The van der Waals surface area contributed by atoms with Crippen LogP contribution in [0.5, 0.6) is 0 Å². The first kappa shape index (κ1) is 7.73. The fourth-order valence-electron chi connectivity index (χ4n) is 0.921. The quantitative estimate of drug-likeness (QED) is 0.623. The van der Waals surface area contributed by atoms with Crippen LogP contribution in [-0.4, -0.2) is 4.98 Å². The molecule has 1 heteroatoms. The van der Waals surface area contributed by atoms with Crippen molar-refractivity contribution in [2.45, 2.75) is 6.92 Å². The van der Waals surface area contributed by atoms with Crippen molar-refractivity contribution in [3.05, 3.63) is 42.2 Å². The maximum atomic E-state index is 4.15. The first-order chi connectivity index (χ1) is 5.38. The molecule has 1 aromatic heterocycles. The molecule has 0 aliphatic carbocycles. The van der Waals surface area contributed by atoms with Gasteiger partial charge in [0.05, 0.1) is 5.69 Å². The second-order valence-corrected chi connectivity index (χ2v) is 2.18. The third-order valence-corrected chi connectivity index (χ3v) is 1.41. The Bertz CT molecular complexity index is 274. The van der Waals surface area contributed by atoms with Gasteiger partial charge < -0.3 is 0 Å². The summed E-state index contributed by atoms with van der Waals surface area (Å²) >= 11 is 0. The van der Waals surface area contributed by atoms with Gasteiger partial charge in [0.1, 0.15) is 0 Å². The predicted octanol–water partition coefficient (Wildman–Crippen LogP) is 2.76. The zero-order valence-corrected chi connectivity index (χ0v) is 6.62. The fraction of sp³-hybridized carbons (Fsp3) is 0.100. The molecule has 0 fully saturated rings. The molecule has 1 nitrogen and oxygen atoms in total. The van der Waals surface area contributed by atoms with Crippen LogP contribution in [0.3, 0.4) is 0 Å². The summed E-state index contributed by atoms with van der Waals surface area (Å²) in [6, 6.07) is 3.94. The molecule has 0 unspecified atom stereocenters. The van der Waals surface area contributed by atoms with Crippen LogP contribution in [0.1, 0.15) is 18.2 Å². The zero-order chi connectivity index (χ0) is 8.10. The first-order valence-electron chi connectivity index (χ1n) is 3.58. The van der Waals surface area contributed by atoms with Crippen LogP contribution in [0.15, 0.2) is 31.0 Å². The van der Waals surface area contributed by atoms with Crippen LogP contribution in [0.2, 0.25) is 0 Å². The van der Waals surface area contributed by atoms with E-state index in [1.807, 2.05) is 31.2 Å². The Morgan fingerprint density at radius 3 is 3.00 bits per heavy atom. The topological polar surface area (TPSA) is 12.9 Å². The maximum Gasteiger partial charge on any atom is 0.0695 e. The Morgan fingerprint density at radius 1 is 1.55 bits per heavy atom. The van der Waals surface area contributed by atoms with Gasteiger partial charge in [0.25, 0.3) is 0 Å². The molecule has 0 spiro atoms. The summed E-state index contributed by atoms with van der Waals surface area (Å²) in [4.78, 5) is 4.15. The van der Waals surface area contributed by atoms with E-state index in [1.54, 1.807) is 12.3 Å². The highest BCUT2D eigenvalue weighted by Gasteiger charge is 1.92. The first-order valence-corrected chi connectivity index (χ1v) is 3.58. The lowest BCUT2D eigenvalue weighted by molar-refractivity contribution is 1.28. The van der Waals surface area contributed by atoms with Crippen LogP contribution in [0.25, 0.3) is 12.2 Å². The minimum Gasteiger partial charge on any atom is -0.256 e. The summed E-state index contributed by atoms with van der Waals surface area (Å²) in [5, 5.41) is 0. The van der Waals surface area contributed by atoms with Crippen LogP contribution >= 0.6 is 0 Å². The van der Waals surface area contributed by atoms with Gasteiger partial charge in [0, 0.05) is 6.20 Å². The van der Waals surface area contributed by atoms with E-state index in [9.17, 15) is 0 Å². The van der Waals surface area contributed by atoms with E-state index < -0.39 is 0 Å². The van der Waals surface area contributed by atoms with Crippen molar-refractivity contribution in [3.63, 3.8) is 0 Å². The third-order valence-electron chi connectivity index (χ3n) is 1.41. The lowest BCUT2D eigenvalue weighted by Gasteiger charge is -1.96. The monoisotopic (exact) mass is 145 g/mol. The van der Waals surface area contributed by atoms with Gasteiger partial charge in [0.2, 0.25) is 0 Å². The molecule has 0 atom stereocenters. The van der Waals surface area contributed by atoms with Gasteiger partial charge in [-0.2, -0.15) is 0 Å². The minimum absolute atomic E-state index is 0.936. The highest BCUT2D eigenvalue weighted by Crippen LogP contribution is 2.07. The smallest absolute Gasteiger partial charge is 0.0695 e. The summed E-state index contributed by atoms with van der Waals surface area (Å²) in [5.41, 5.74) is 2.05. The van der Waals surface area contributed by atoms with E-state index in [4.69, 9.17) is 0 Å². The summed E-state index contributed by atoms with van der Waals surface area (Å²) < 4.78 is 0. The fourth-order valence-corrected chi connectivity index (χ4v) is 0.921. The molecule has 1 rings (SSSR count). The van der Waals surface area contributed by atoms with Crippen molar-refractivity contribution < 1.29 is 0 Å². The van der Waals surface area contributed by atoms with Gasteiger partial charge in [-0.25, -0.2) is 0 Å². The molecular weight excluding hydrogens is 134 g/mol. The molecule has 1 heterocycles. The predicted molar refractivity (Wildman–Crippen MR) is 49.0 cm³/mol. The van der Waals surface area contributed by atoms with Crippen LogP contribution < -0.4 is 0 Å². The average molecular weight is 145 g/mol. The third kappa shape index (κ3) is 1.77. The molecule has 0 bridgehead atoms. The van der Waals surface area contributed by atoms with E-state index >= 15 is 0 Å². The molecule has 0 aliphatic rings. The number of rotatable bonds is 2. The van der Waals surface area contributed by atoms with E-state index in [0.29, 0.717) is 0 Å². The van der Waals surface area contributed by atoms with Crippen molar-refractivity contribution >= 4 is 12.2 Å². The molecule has 0 amide bonds. The SMILES string of the molecule is C=Cc1ncccc1/C=C\C. The summed E-state index contributed by atoms with van der Waals surface area (Å²) in [7, 11) is 0. The van der Waals surface area contributed by atoms with Crippen LogP contribution in [0.4, 0.5) is 0 Å². The molecule has 0 aromatic carbocycles. The van der Waals surface area contributed by atoms with Gasteiger partial charge in [-0.1, -0.05) is 24.8 Å². The number of pyridine rings is 1. The molecule has 1 aromatic rings. The van der Waals surface area contributed by atoms with Crippen LogP contribution in [0, 0.1) is 0 Å². The normalized spacial score (nSPS) is 10.3. The number of hydrogen-bond donors (Lipinski definition) is 0. The zero-order valence-electron chi connectivity index (χ0n) is 6.62. The van der Waals surface area contributed by atoms with Crippen molar-refractivity contribution in [2.75, 3.05) is 0 Å². The van der Waals surface area contributed by atoms with Gasteiger partial charge >= 0.3 is 0 Å². The van der Waals surface area contributed by atoms with Crippen molar-refractivity contribution in [3.8, 4) is 0 Å². The van der Waals surface area contributed by atoms with E-state index in [1.165, 1.54) is 0 Å². The number of aromatic nitrogens is 1. The Kier molecular flexibility index (Phi) is 2.61. The second kappa shape index (κ2) is 3.71. The van der Waals surface area contributed by atoms with E-state index in [-0.39, 0.29) is 0 Å². The van der Waals surface area contributed by atoms with Crippen molar-refractivity contribution in [2.24, 2.45) is 0 Å². The Labute approximate surface area is 67.1 Å². The Morgan fingerprint density at radius 2 is 2.36 bits per heavy atom. The van der Waals surface area contributed by atoms with Gasteiger partial charge in [0.15, 0.2) is 0 Å². The average Bonchev–Trinajstić information content (AvgIpc) is 2.06. The number of nitrogens with zero attached hydrogens (tertiary/aromatic N) is 1. The molecule has 56 valence electrons. The standard InChI is InChI=1S/C10H11N/c1-3-6-9-7-5-8-11-10(9)4-2/h3-8H,2H2,1H3/b6-3-.